The van der Waals surface area contributed by atoms with Gasteiger partial charge in [-0.3, -0.25) is 4.79 Å². The summed E-state index contributed by atoms with van der Waals surface area (Å²) >= 11 is 0. The zero-order valence-corrected chi connectivity index (χ0v) is 18.4. The smallest absolute Gasteiger partial charge is 0.326 e. The van der Waals surface area contributed by atoms with E-state index in [-0.39, 0.29) is 18.4 Å². The Bertz CT molecular complexity index is 753. The van der Waals surface area contributed by atoms with Crippen LogP contribution in [0, 0.1) is 11.3 Å². The lowest BCUT2D eigenvalue weighted by atomic mass is 9.79. The standard InChI is InChI=1S/C23H35N3O4/c1-23(2,3)22(29)26-19(21(27)28)10-12-30-18-13-15(14-18)6-8-17-9-7-16-5-4-11-24-20(16)25-17/h7,9,15,18-19H,4-6,8,10-14H2,1-3H3,(H,24,25)(H,26,29)(H,27,28)/t15-,18-,19-/m0/s1. The number of hydrogen-bond acceptors (Lipinski definition) is 5. The molecule has 30 heavy (non-hydrogen) atoms. The summed E-state index contributed by atoms with van der Waals surface area (Å²) in [6.07, 6.45) is 6.86. The predicted molar refractivity (Wildman–Crippen MR) is 115 cm³/mol. The number of hydrogen-bond donors (Lipinski definition) is 3. The number of amides is 1. The molecule has 1 amide bonds. The van der Waals surface area contributed by atoms with Crippen LogP contribution < -0.4 is 10.6 Å². The second-order valence-corrected chi connectivity index (χ2v) is 9.61. The number of ether oxygens (including phenoxy) is 1. The monoisotopic (exact) mass is 417 g/mol. The van der Waals surface area contributed by atoms with Crippen molar-refractivity contribution in [2.75, 3.05) is 18.5 Å². The van der Waals surface area contributed by atoms with Gasteiger partial charge in [0.05, 0.1) is 6.10 Å². The molecule has 3 rings (SSSR count). The third-order valence-corrected chi connectivity index (χ3v) is 6.00. The van der Waals surface area contributed by atoms with Crippen LogP contribution in [0.15, 0.2) is 12.1 Å². The van der Waals surface area contributed by atoms with E-state index in [1.807, 2.05) is 0 Å². The van der Waals surface area contributed by atoms with Gasteiger partial charge in [0.1, 0.15) is 11.9 Å². The highest BCUT2D eigenvalue weighted by Gasteiger charge is 2.31. The Morgan fingerprint density at radius 1 is 1.33 bits per heavy atom. The number of fused-ring (bicyclic) bond motifs is 1. The van der Waals surface area contributed by atoms with Crippen LogP contribution in [0.1, 0.15) is 64.1 Å². The van der Waals surface area contributed by atoms with Crippen LogP contribution in [-0.4, -0.2) is 47.3 Å². The number of aryl methyl sites for hydroxylation is 2. The summed E-state index contributed by atoms with van der Waals surface area (Å²) in [7, 11) is 0. The zero-order valence-electron chi connectivity index (χ0n) is 18.4. The molecule has 0 aromatic carbocycles. The zero-order chi connectivity index (χ0) is 21.7. The fourth-order valence-corrected chi connectivity index (χ4v) is 3.89. The molecular weight excluding hydrogens is 382 g/mol. The first kappa shape index (κ1) is 22.5. The van der Waals surface area contributed by atoms with E-state index >= 15 is 0 Å². The summed E-state index contributed by atoms with van der Waals surface area (Å²) in [4.78, 5) is 28.2. The van der Waals surface area contributed by atoms with E-state index in [4.69, 9.17) is 9.72 Å². The SMILES string of the molecule is CC(C)(C)C(=O)N[C@@H](CCO[C@H]1C[C@H](CCc2ccc3c(n2)NCCC3)C1)C(=O)O. The van der Waals surface area contributed by atoms with Crippen LogP contribution in [0.4, 0.5) is 5.82 Å². The first-order valence-electron chi connectivity index (χ1n) is 11.1. The van der Waals surface area contributed by atoms with Gasteiger partial charge in [-0.2, -0.15) is 0 Å². The fraction of sp³-hybridized carbons (Fsp3) is 0.696. The lowest BCUT2D eigenvalue weighted by Gasteiger charge is -2.35. The molecule has 0 radical (unpaired) electrons. The molecule has 1 atom stereocenters. The van der Waals surface area contributed by atoms with Gasteiger partial charge in [0.25, 0.3) is 0 Å². The van der Waals surface area contributed by atoms with E-state index in [2.05, 4.69) is 22.8 Å². The maximum Gasteiger partial charge on any atom is 0.326 e. The van der Waals surface area contributed by atoms with Crippen molar-refractivity contribution in [2.45, 2.75) is 77.9 Å². The van der Waals surface area contributed by atoms with Crippen molar-refractivity contribution in [3.05, 3.63) is 23.4 Å². The van der Waals surface area contributed by atoms with Gasteiger partial charge in [0.15, 0.2) is 0 Å². The Kier molecular flexibility index (Phi) is 7.34. The molecule has 1 aliphatic heterocycles. The minimum absolute atomic E-state index is 0.195. The van der Waals surface area contributed by atoms with Crippen molar-refractivity contribution in [3.63, 3.8) is 0 Å². The van der Waals surface area contributed by atoms with Crippen molar-refractivity contribution in [1.82, 2.24) is 10.3 Å². The van der Waals surface area contributed by atoms with E-state index in [1.165, 1.54) is 12.0 Å². The number of carboxylic acid groups (broad SMARTS) is 1. The van der Waals surface area contributed by atoms with Crippen molar-refractivity contribution >= 4 is 17.7 Å². The average Bonchev–Trinajstić information content (AvgIpc) is 2.66. The van der Waals surface area contributed by atoms with Crippen molar-refractivity contribution < 1.29 is 19.4 Å². The minimum Gasteiger partial charge on any atom is -0.480 e. The molecule has 2 heterocycles. The summed E-state index contributed by atoms with van der Waals surface area (Å²) in [5.41, 5.74) is 1.85. The van der Waals surface area contributed by atoms with Crippen LogP contribution in [-0.2, 0) is 27.2 Å². The summed E-state index contributed by atoms with van der Waals surface area (Å²) in [5.74, 6) is 0.413. The molecule has 3 N–H and O–H groups in total. The highest BCUT2D eigenvalue weighted by molar-refractivity contribution is 5.86. The summed E-state index contributed by atoms with van der Waals surface area (Å²) in [5, 5.41) is 15.3. The molecule has 0 spiro atoms. The van der Waals surface area contributed by atoms with Crippen molar-refractivity contribution in [1.29, 1.82) is 0 Å². The lowest BCUT2D eigenvalue weighted by molar-refractivity contribution is -0.144. The molecule has 1 aromatic rings. The van der Waals surface area contributed by atoms with E-state index in [0.29, 0.717) is 12.5 Å². The van der Waals surface area contributed by atoms with Gasteiger partial charge in [0, 0.05) is 30.7 Å². The fourth-order valence-electron chi connectivity index (χ4n) is 3.89. The molecular formula is C23H35N3O4. The molecule has 0 unspecified atom stereocenters. The van der Waals surface area contributed by atoms with E-state index in [0.717, 1.165) is 50.2 Å². The minimum atomic E-state index is -1.02. The van der Waals surface area contributed by atoms with Gasteiger partial charge in [-0.25, -0.2) is 9.78 Å². The van der Waals surface area contributed by atoms with Crippen LogP contribution in [0.25, 0.3) is 0 Å². The number of aliphatic carboxylic acids is 1. The van der Waals surface area contributed by atoms with Crippen LogP contribution >= 0.6 is 0 Å². The number of carbonyl (C=O) groups excluding carboxylic acids is 1. The van der Waals surface area contributed by atoms with Crippen LogP contribution in [0.3, 0.4) is 0 Å². The maximum absolute atomic E-state index is 12.0. The number of carbonyl (C=O) groups is 2. The van der Waals surface area contributed by atoms with E-state index in [9.17, 15) is 14.7 Å². The summed E-state index contributed by atoms with van der Waals surface area (Å²) < 4.78 is 5.84. The summed E-state index contributed by atoms with van der Waals surface area (Å²) in [6, 6.07) is 3.45. The molecule has 7 heteroatoms. The number of anilines is 1. The van der Waals surface area contributed by atoms with Gasteiger partial charge in [-0.15, -0.1) is 0 Å². The second kappa shape index (κ2) is 9.77. The molecule has 1 fully saturated rings. The highest BCUT2D eigenvalue weighted by atomic mass is 16.5. The third-order valence-electron chi connectivity index (χ3n) is 6.00. The quantitative estimate of drug-likeness (QED) is 0.571. The molecule has 1 aromatic heterocycles. The first-order chi connectivity index (χ1) is 14.2. The molecule has 1 saturated carbocycles. The number of carboxylic acids is 1. The Morgan fingerprint density at radius 2 is 2.10 bits per heavy atom. The van der Waals surface area contributed by atoms with Gasteiger partial charge in [0.2, 0.25) is 5.91 Å². The summed E-state index contributed by atoms with van der Waals surface area (Å²) in [6.45, 7) is 6.65. The van der Waals surface area contributed by atoms with E-state index < -0.39 is 17.4 Å². The topological polar surface area (TPSA) is 101 Å². The van der Waals surface area contributed by atoms with Gasteiger partial charge < -0.3 is 20.5 Å². The highest BCUT2D eigenvalue weighted by Crippen LogP contribution is 2.34. The maximum atomic E-state index is 12.0. The number of rotatable bonds is 9. The first-order valence-corrected chi connectivity index (χ1v) is 11.1. The van der Waals surface area contributed by atoms with Crippen LogP contribution in [0.2, 0.25) is 0 Å². The molecule has 1 aliphatic carbocycles. The third kappa shape index (κ3) is 6.17. The Labute approximate surface area is 179 Å². The molecule has 7 nitrogen and oxygen atoms in total. The number of pyridine rings is 1. The molecule has 2 aliphatic rings. The number of aromatic nitrogens is 1. The van der Waals surface area contributed by atoms with Gasteiger partial charge in [-0.1, -0.05) is 26.8 Å². The van der Waals surface area contributed by atoms with Crippen molar-refractivity contribution in [2.24, 2.45) is 11.3 Å². The van der Waals surface area contributed by atoms with Crippen LogP contribution in [0.5, 0.6) is 0 Å². The Morgan fingerprint density at radius 3 is 2.80 bits per heavy atom. The average molecular weight is 418 g/mol. The number of nitrogens with zero attached hydrogens (tertiary/aromatic N) is 1. The Hall–Kier alpha value is -2.15. The normalized spacial score (nSPS) is 21.7. The van der Waals surface area contributed by atoms with Crippen molar-refractivity contribution in [3.8, 4) is 0 Å². The number of nitrogens with one attached hydrogen (secondary N) is 2. The largest absolute Gasteiger partial charge is 0.480 e. The van der Waals surface area contributed by atoms with Gasteiger partial charge >= 0.3 is 5.97 Å². The predicted octanol–water partition coefficient (Wildman–Crippen LogP) is 3.17. The molecule has 166 valence electrons. The second-order valence-electron chi connectivity index (χ2n) is 9.61. The Balaban J connectivity index is 1.33. The van der Waals surface area contributed by atoms with Gasteiger partial charge in [-0.05, 0) is 56.1 Å². The van der Waals surface area contributed by atoms with E-state index in [1.54, 1.807) is 20.8 Å². The lowest BCUT2D eigenvalue weighted by Crippen LogP contribution is -2.46. The molecule has 0 saturated heterocycles. The molecule has 0 bridgehead atoms.